The minimum absolute atomic E-state index is 0.0725. The van der Waals surface area contributed by atoms with Crippen molar-refractivity contribution in [1.29, 1.82) is 0 Å². The molecule has 0 unspecified atom stereocenters. The van der Waals surface area contributed by atoms with Gasteiger partial charge in [0.2, 0.25) is 5.95 Å². The van der Waals surface area contributed by atoms with Crippen molar-refractivity contribution in [2.75, 3.05) is 50.9 Å². The summed E-state index contributed by atoms with van der Waals surface area (Å²) < 4.78 is 16.2. The largest absolute Gasteiger partial charge is 0.486 e. The highest BCUT2D eigenvalue weighted by Crippen LogP contribution is 2.30. The third kappa shape index (κ3) is 4.74. The number of piperazine rings is 1. The van der Waals surface area contributed by atoms with E-state index in [9.17, 15) is 9.59 Å². The van der Waals surface area contributed by atoms with E-state index >= 15 is 0 Å². The Balaban J connectivity index is 1.22. The fourth-order valence-electron chi connectivity index (χ4n) is 3.26. The van der Waals surface area contributed by atoms with E-state index in [4.69, 9.17) is 14.2 Å². The van der Waals surface area contributed by atoms with Gasteiger partial charge < -0.3 is 24.0 Å². The van der Waals surface area contributed by atoms with Gasteiger partial charge in [0, 0.05) is 38.6 Å². The van der Waals surface area contributed by atoms with E-state index in [2.05, 4.69) is 9.97 Å². The zero-order chi connectivity index (χ0) is 20.1. The Labute approximate surface area is 168 Å². The first-order valence-corrected chi connectivity index (χ1v) is 9.53. The van der Waals surface area contributed by atoms with Crippen LogP contribution in [0, 0.1) is 0 Å². The van der Waals surface area contributed by atoms with Gasteiger partial charge in [0.15, 0.2) is 18.1 Å². The molecular formula is C20H22N4O5. The summed E-state index contributed by atoms with van der Waals surface area (Å²) in [7, 11) is 0. The molecule has 0 radical (unpaired) electrons. The molecule has 3 heterocycles. The molecule has 1 fully saturated rings. The van der Waals surface area contributed by atoms with Crippen molar-refractivity contribution >= 4 is 17.8 Å². The van der Waals surface area contributed by atoms with E-state index in [0.29, 0.717) is 56.8 Å². The lowest BCUT2D eigenvalue weighted by atomic mass is 10.1. The van der Waals surface area contributed by atoms with Gasteiger partial charge in [-0.3, -0.25) is 9.59 Å². The van der Waals surface area contributed by atoms with Gasteiger partial charge in [-0.05, 0) is 23.8 Å². The van der Waals surface area contributed by atoms with Crippen LogP contribution in [0.15, 0.2) is 36.7 Å². The number of aromatic nitrogens is 2. The molecule has 0 N–H and O–H groups in total. The summed E-state index contributed by atoms with van der Waals surface area (Å²) >= 11 is 0. The van der Waals surface area contributed by atoms with Gasteiger partial charge in [0.1, 0.15) is 13.2 Å². The van der Waals surface area contributed by atoms with Crippen LogP contribution in [0.2, 0.25) is 0 Å². The average molecular weight is 398 g/mol. The van der Waals surface area contributed by atoms with E-state index in [-0.39, 0.29) is 18.9 Å². The second-order valence-corrected chi connectivity index (χ2v) is 6.73. The second-order valence-electron chi connectivity index (χ2n) is 6.73. The molecule has 0 saturated carbocycles. The van der Waals surface area contributed by atoms with Crippen LogP contribution in [0.25, 0.3) is 0 Å². The van der Waals surface area contributed by atoms with Gasteiger partial charge in [-0.15, -0.1) is 0 Å². The summed E-state index contributed by atoms with van der Waals surface area (Å²) in [6.07, 6.45) is 3.46. The molecule has 152 valence electrons. The Morgan fingerprint density at radius 1 is 1.00 bits per heavy atom. The first-order valence-electron chi connectivity index (χ1n) is 9.53. The molecule has 1 aromatic carbocycles. The fraction of sp³-hybridized carbons (Fsp3) is 0.400. The Bertz CT molecular complexity index is 868. The van der Waals surface area contributed by atoms with Crippen LogP contribution in [0.5, 0.6) is 11.5 Å². The number of rotatable bonds is 5. The molecule has 1 saturated heterocycles. The van der Waals surface area contributed by atoms with Crippen molar-refractivity contribution < 1.29 is 23.8 Å². The standard InChI is InChI=1S/C20H22N4O5/c25-18(23-6-8-24(9-7-23)20-21-4-1-5-22-20)14-29-19(26)13-15-2-3-16-17(12-15)28-11-10-27-16/h1-5,12H,6-11,13-14H2. The Kier molecular flexibility index (Phi) is 5.73. The predicted octanol–water partition coefficient (Wildman–Crippen LogP) is 0.682. The van der Waals surface area contributed by atoms with Gasteiger partial charge in [0.05, 0.1) is 6.42 Å². The Morgan fingerprint density at radius 3 is 2.48 bits per heavy atom. The zero-order valence-corrected chi connectivity index (χ0v) is 16.0. The molecule has 0 bridgehead atoms. The molecule has 0 spiro atoms. The molecule has 1 aromatic heterocycles. The lowest BCUT2D eigenvalue weighted by Crippen LogP contribution is -2.50. The van der Waals surface area contributed by atoms with E-state index in [1.165, 1.54) is 0 Å². The van der Waals surface area contributed by atoms with Crippen LogP contribution in [0.1, 0.15) is 5.56 Å². The maximum atomic E-state index is 12.4. The SMILES string of the molecule is O=C(Cc1ccc2c(c1)OCCO2)OCC(=O)N1CCN(c2ncccn2)CC1. The third-order valence-corrected chi connectivity index (χ3v) is 4.78. The van der Waals surface area contributed by atoms with Crippen molar-refractivity contribution in [3.63, 3.8) is 0 Å². The minimum Gasteiger partial charge on any atom is -0.486 e. The topological polar surface area (TPSA) is 94.1 Å². The van der Waals surface area contributed by atoms with Crippen LogP contribution in [0.4, 0.5) is 5.95 Å². The van der Waals surface area contributed by atoms with Crippen LogP contribution >= 0.6 is 0 Å². The highest BCUT2D eigenvalue weighted by atomic mass is 16.6. The number of carbonyl (C=O) groups excluding carboxylic acids is 2. The number of benzene rings is 1. The lowest BCUT2D eigenvalue weighted by Gasteiger charge is -2.34. The zero-order valence-electron chi connectivity index (χ0n) is 16.0. The number of esters is 1. The van der Waals surface area contributed by atoms with Crippen LogP contribution in [-0.4, -0.2) is 72.7 Å². The number of fused-ring (bicyclic) bond motifs is 1. The van der Waals surface area contributed by atoms with Gasteiger partial charge in [-0.1, -0.05) is 6.07 Å². The maximum Gasteiger partial charge on any atom is 0.310 e. The minimum atomic E-state index is -0.452. The first kappa shape index (κ1) is 19.0. The number of carbonyl (C=O) groups is 2. The van der Waals surface area contributed by atoms with Gasteiger partial charge >= 0.3 is 5.97 Å². The summed E-state index contributed by atoms with van der Waals surface area (Å²) in [5.74, 6) is 1.30. The number of hydrogen-bond donors (Lipinski definition) is 0. The third-order valence-electron chi connectivity index (χ3n) is 4.78. The van der Waals surface area contributed by atoms with E-state index < -0.39 is 5.97 Å². The summed E-state index contributed by atoms with van der Waals surface area (Å²) in [5.41, 5.74) is 0.753. The summed E-state index contributed by atoms with van der Waals surface area (Å²) in [5, 5.41) is 0. The van der Waals surface area contributed by atoms with Gasteiger partial charge in [-0.2, -0.15) is 0 Å². The average Bonchev–Trinajstić information content (AvgIpc) is 2.78. The van der Waals surface area contributed by atoms with Crippen LogP contribution in [-0.2, 0) is 20.7 Å². The van der Waals surface area contributed by atoms with Crippen molar-refractivity contribution in [2.24, 2.45) is 0 Å². The highest BCUT2D eigenvalue weighted by molar-refractivity contribution is 5.81. The van der Waals surface area contributed by atoms with Crippen molar-refractivity contribution in [3.8, 4) is 11.5 Å². The molecule has 1 amide bonds. The Hall–Kier alpha value is -3.36. The lowest BCUT2D eigenvalue weighted by molar-refractivity contribution is -0.151. The summed E-state index contributed by atoms with van der Waals surface area (Å²) in [6.45, 7) is 3.10. The van der Waals surface area contributed by atoms with Crippen LogP contribution in [0.3, 0.4) is 0 Å². The maximum absolute atomic E-state index is 12.4. The number of ether oxygens (including phenoxy) is 3. The van der Waals surface area contributed by atoms with Crippen molar-refractivity contribution in [3.05, 3.63) is 42.2 Å². The molecule has 9 heteroatoms. The van der Waals surface area contributed by atoms with Crippen molar-refractivity contribution in [2.45, 2.75) is 6.42 Å². The van der Waals surface area contributed by atoms with E-state index in [1.54, 1.807) is 41.6 Å². The first-order chi connectivity index (χ1) is 14.2. The molecule has 0 aliphatic carbocycles. The quantitative estimate of drug-likeness (QED) is 0.679. The molecule has 4 rings (SSSR count). The monoisotopic (exact) mass is 398 g/mol. The predicted molar refractivity (Wildman–Crippen MR) is 103 cm³/mol. The molecular weight excluding hydrogens is 376 g/mol. The highest BCUT2D eigenvalue weighted by Gasteiger charge is 2.23. The summed E-state index contributed by atoms with van der Waals surface area (Å²) in [4.78, 5) is 36.6. The molecule has 2 aliphatic heterocycles. The summed E-state index contributed by atoms with van der Waals surface area (Å²) in [6, 6.07) is 7.10. The van der Waals surface area contributed by atoms with Gasteiger partial charge in [0.25, 0.3) is 5.91 Å². The number of amides is 1. The number of anilines is 1. The van der Waals surface area contributed by atoms with E-state index in [0.717, 1.165) is 5.56 Å². The molecule has 9 nitrogen and oxygen atoms in total. The smallest absolute Gasteiger partial charge is 0.310 e. The molecule has 29 heavy (non-hydrogen) atoms. The number of hydrogen-bond acceptors (Lipinski definition) is 8. The second kappa shape index (κ2) is 8.76. The van der Waals surface area contributed by atoms with Crippen molar-refractivity contribution in [1.82, 2.24) is 14.9 Å². The molecule has 2 aromatic rings. The normalized spacial score (nSPS) is 15.7. The van der Waals surface area contributed by atoms with Crippen LogP contribution < -0.4 is 14.4 Å². The van der Waals surface area contributed by atoms with E-state index in [1.807, 2.05) is 4.90 Å². The Morgan fingerprint density at radius 2 is 1.72 bits per heavy atom. The number of nitrogens with zero attached hydrogens (tertiary/aromatic N) is 4. The molecule has 2 aliphatic rings. The van der Waals surface area contributed by atoms with Gasteiger partial charge in [-0.25, -0.2) is 9.97 Å². The molecule has 0 atom stereocenters. The fourth-order valence-corrected chi connectivity index (χ4v) is 3.26.